The molecule has 0 unspecified atom stereocenters. The van der Waals surface area contributed by atoms with Crippen molar-refractivity contribution < 1.29 is 13.2 Å². The number of nitrogens with zero attached hydrogens (tertiary/aromatic N) is 2. The first-order chi connectivity index (χ1) is 11.5. The van der Waals surface area contributed by atoms with E-state index in [0.717, 1.165) is 10.2 Å². The molecule has 0 aliphatic rings. The summed E-state index contributed by atoms with van der Waals surface area (Å²) >= 11 is 1.29. The molecule has 0 atom stereocenters. The largest absolute Gasteiger partial charge is 0.497 e. The molecule has 2 aromatic carbocycles. The quantitative estimate of drug-likeness (QED) is 0.674. The highest BCUT2D eigenvalue weighted by Gasteiger charge is 2.14. The van der Waals surface area contributed by atoms with Gasteiger partial charge in [-0.15, -0.1) is 10.8 Å². The monoisotopic (exact) mass is 358 g/mol. The van der Waals surface area contributed by atoms with Crippen molar-refractivity contribution in [2.75, 3.05) is 7.11 Å². The first-order valence-electron chi connectivity index (χ1n) is 7.02. The molecule has 24 heavy (non-hydrogen) atoms. The number of fused-ring (bicyclic) bond motifs is 1. The van der Waals surface area contributed by atoms with Gasteiger partial charge in [-0.3, -0.25) is 0 Å². The van der Waals surface area contributed by atoms with Crippen LogP contribution in [0.25, 0.3) is 10.2 Å². The molecule has 0 N–H and O–H groups in total. The number of rotatable bonds is 4. The number of para-hydroxylation sites is 1. The van der Waals surface area contributed by atoms with Crippen LogP contribution in [0.5, 0.6) is 5.75 Å². The summed E-state index contributed by atoms with van der Waals surface area (Å²) in [6.07, 6.45) is 5.42. The molecule has 3 rings (SSSR count). The van der Waals surface area contributed by atoms with Gasteiger partial charge < -0.3 is 9.30 Å². The van der Waals surface area contributed by atoms with E-state index in [1.54, 1.807) is 16.7 Å². The molecule has 0 aliphatic heterocycles. The Morgan fingerprint density at radius 3 is 2.58 bits per heavy atom. The molecule has 1 aromatic heterocycles. The fraction of sp³-hybridized carbons (Fsp3) is 0.118. The Hall–Kier alpha value is -2.56. The first kappa shape index (κ1) is 16.3. The van der Waals surface area contributed by atoms with Gasteiger partial charge in [0.25, 0.3) is 10.0 Å². The minimum absolute atomic E-state index is 0.105. The Morgan fingerprint density at radius 1 is 1.21 bits per heavy atom. The first-order valence-corrected chi connectivity index (χ1v) is 9.28. The lowest BCUT2D eigenvalue weighted by Crippen LogP contribution is -2.16. The lowest BCUT2D eigenvalue weighted by molar-refractivity contribution is 0.414. The van der Waals surface area contributed by atoms with Crippen LogP contribution in [0.2, 0.25) is 0 Å². The van der Waals surface area contributed by atoms with Gasteiger partial charge in [0.2, 0.25) is 4.80 Å². The van der Waals surface area contributed by atoms with Gasteiger partial charge >= 0.3 is 0 Å². The van der Waals surface area contributed by atoms with Gasteiger partial charge in [-0.1, -0.05) is 29.4 Å². The number of sulfonamides is 1. The molecule has 0 fully saturated rings. The van der Waals surface area contributed by atoms with Gasteiger partial charge in [-0.05, 0) is 36.4 Å². The highest BCUT2D eigenvalue weighted by atomic mass is 32.2. The predicted octanol–water partition coefficient (Wildman–Crippen LogP) is 2.63. The summed E-state index contributed by atoms with van der Waals surface area (Å²) in [7, 11) is -2.31. The summed E-state index contributed by atoms with van der Waals surface area (Å²) < 4.78 is 36.8. The summed E-state index contributed by atoms with van der Waals surface area (Å²) in [6.45, 7) is 0.251. The maximum Gasteiger partial charge on any atom is 0.285 e. The SMILES string of the molecule is C#CCn1c(=NS(=O)(=O)c2ccc(OC)cc2)sc2ccccc21. The van der Waals surface area contributed by atoms with Crippen LogP contribution in [0.4, 0.5) is 0 Å². The molecule has 0 bridgehead atoms. The molecule has 0 amide bonds. The number of terminal acetylenes is 1. The molecule has 5 nitrogen and oxygen atoms in total. The lowest BCUT2D eigenvalue weighted by Gasteiger charge is -2.02. The zero-order valence-corrected chi connectivity index (χ0v) is 14.5. The second-order valence-corrected chi connectivity index (χ2v) is 7.50. The van der Waals surface area contributed by atoms with Crippen LogP contribution in [-0.4, -0.2) is 20.1 Å². The molecule has 0 spiro atoms. The number of benzene rings is 2. The van der Waals surface area contributed by atoms with Crippen LogP contribution >= 0.6 is 11.3 Å². The fourth-order valence-corrected chi connectivity index (χ4v) is 4.47. The van der Waals surface area contributed by atoms with Gasteiger partial charge in [-0.25, -0.2) is 0 Å². The molecule has 1 heterocycles. The third kappa shape index (κ3) is 3.07. The van der Waals surface area contributed by atoms with Crippen LogP contribution in [0.1, 0.15) is 0 Å². The van der Waals surface area contributed by atoms with Gasteiger partial charge in [0, 0.05) is 0 Å². The van der Waals surface area contributed by atoms with E-state index in [1.807, 2.05) is 24.3 Å². The third-order valence-electron chi connectivity index (χ3n) is 3.39. The Labute approximate surface area is 143 Å². The van der Waals surface area contributed by atoms with Crippen molar-refractivity contribution in [2.45, 2.75) is 11.4 Å². The van der Waals surface area contributed by atoms with Crippen molar-refractivity contribution in [2.24, 2.45) is 4.40 Å². The standard InChI is InChI=1S/C17H14N2O3S2/c1-3-12-19-15-6-4-5-7-16(15)23-17(19)18-24(20,21)14-10-8-13(22-2)9-11-14/h1,4-11H,12H2,2H3. The summed E-state index contributed by atoms with van der Waals surface area (Å²) in [5.74, 6) is 3.12. The number of methoxy groups -OCH3 is 1. The smallest absolute Gasteiger partial charge is 0.285 e. The normalized spacial score (nSPS) is 12.2. The van der Waals surface area contributed by atoms with Gasteiger partial charge in [0.15, 0.2) is 0 Å². The minimum atomic E-state index is -3.84. The fourth-order valence-electron chi connectivity index (χ4n) is 2.24. The molecule has 0 saturated heterocycles. The molecular weight excluding hydrogens is 344 g/mol. The van der Waals surface area contributed by atoms with E-state index in [-0.39, 0.29) is 11.4 Å². The van der Waals surface area contributed by atoms with Crippen molar-refractivity contribution in [3.63, 3.8) is 0 Å². The molecule has 7 heteroatoms. The number of aromatic nitrogens is 1. The van der Waals surface area contributed by atoms with Crippen LogP contribution in [0.3, 0.4) is 0 Å². The number of hydrogen-bond acceptors (Lipinski definition) is 4. The number of thiazole rings is 1. The molecular formula is C17H14N2O3S2. The average Bonchev–Trinajstić information content (AvgIpc) is 2.92. The maximum atomic E-state index is 12.6. The Bertz CT molecular complexity index is 1090. The summed E-state index contributed by atoms with van der Waals surface area (Å²) in [5.41, 5.74) is 0.865. The van der Waals surface area contributed by atoms with Crippen molar-refractivity contribution in [3.05, 3.63) is 53.3 Å². The third-order valence-corrected chi connectivity index (χ3v) is 5.85. The van der Waals surface area contributed by atoms with Crippen LogP contribution < -0.4 is 9.54 Å². The molecule has 122 valence electrons. The summed E-state index contributed by atoms with van der Waals surface area (Å²) in [6, 6.07) is 13.7. The van der Waals surface area contributed by atoms with Crippen molar-refractivity contribution >= 4 is 31.6 Å². The van der Waals surface area contributed by atoms with E-state index in [0.29, 0.717) is 10.6 Å². The van der Waals surface area contributed by atoms with Crippen LogP contribution in [0, 0.1) is 12.3 Å². The second kappa shape index (κ2) is 6.51. The molecule has 0 radical (unpaired) electrons. The summed E-state index contributed by atoms with van der Waals surface area (Å²) in [5, 5.41) is 0. The van der Waals surface area contributed by atoms with Gasteiger partial charge in [-0.2, -0.15) is 8.42 Å². The van der Waals surface area contributed by atoms with E-state index >= 15 is 0 Å². The zero-order valence-electron chi connectivity index (χ0n) is 12.8. The van der Waals surface area contributed by atoms with E-state index in [1.165, 1.54) is 30.6 Å². The molecule has 0 saturated carbocycles. The lowest BCUT2D eigenvalue weighted by atomic mass is 10.3. The number of ether oxygens (including phenoxy) is 1. The van der Waals surface area contributed by atoms with Gasteiger partial charge in [0.1, 0.15) is 5.75 Å². The van der Waals surface area contributed by atoms with Gasteiger partial charge in [0.05, 0.1) is 28.8 Å². The van der Waals surface area contributed by atoms with Crippen LogP contribution in [-0.2, 0) is 16.6 Å². The Morgan fingerprint density at radius 2 is 1.92 bits per heavy atom. The average molecular weight is 358 g/mol. The molecule has 0 aliphatic carbocycles. The topological polar surface area (TPSA) is 60.7 Å². The Kier molecular flexibility index (Phi) is 4.42. The Balaban J connectivity index is 2.17. The van der Waals surface area contributed by atoms with Crippen molar-refractivity contribution in [1.82, 2.24) is 4.57 Å². The van der Waals surface area contributed by atoms with Crippen LogP contribution in [0.15, 0.2) is 57.8 Å². The number of hydrogen-bond donors (Lipinski definition) is 0. The van der Waals surface area contributed by atoms with E-state index in [9.17, 15) is 8.42 Å². The highest BCUT2D eigenvalue weighted by molar-refractivity contribution is 7.90. The van der Waals surface area contributed by atoms with E-state index in [2.05, 4.69) is 10.3 Å². The molecule has 3 aromatic rings. The zero-order chi connectivity index (χ0) is 17.2. The van der Waals surface area contributed by atoms with E-state index in [4.69, 9.17) is 11.2 Å². The van der Waals surface area contributed by atoms with E-state index < -0.39 is 10.0 Å². The predicted molar refractivity (Wildman–Crippen MR) is 94.4 cm³/mol. The minimum Gasteiger partial charge on any atom is -0.497 e. The van der Waals surface area contributed by atoms with Crippen molar-refractivity contribution in [3.8, 4) is 18.1 Å². The maximum absolute atomic E-state index is 12.6. The second-order valence-electron chi connectivity index (χ2n) is 4.88. The summed E-state index contributed by atoms with van der Waals surface area (Å²) in [4.78, 5) is 0.456. The van der Waals surface area contributed by atoms with Crippen molar-refractivity contribution in [1.29, 1.82) is 0 Å². The highest BCUT2D eigenvalue weighted by Crippen LogP contribution is 2.19.